The van der Waals surface area contributed by atoms with Gasteiger partial charge >= 0.3 is 0 Å². The van der Waals surface area contributed by atoms with E-state index >= 15 is 0 Å². The summed E-state index contributed by atoms with van der Waals surface area (Å²) in [6, 6.07) is 19.9. The molecule has 0 unspecified atom stereocenters. The number of benzene rings is 3. The average molecular weight is 420 g/mol. The summed E-state index contributed by atoms with van der Waals surface area (Å²) < 4.78 is 28.0. The van der Waals surface area contributed by atoms with Gasteiger partial charge in [0.05, 0.1) is 6.61 Å². The molecule has 1 N–H and O–H groups in total. The molecule has 3 aromatic rings. The Labute approximate surface area is 179 Å². The van der Waals surface area contributed by atoms with Gasteiger partial charge in [0.25, 0.3) is 5.91 Å². The van der Waals surface area contributed by atoms with Crippen LogP contribution in [0.1, 0.15) is 27.4 Å². The lowest BCUT2D eigenvalue weighted by Gasteiger charge is -2.59. The first kappa shape index (κ1) is 19.8. The fourth-order valence-electron chi connectivity index (χ4n) is 4.99. The Balaban J connectivity index is 1.50. The number of aliphatic hydroxyl groups is 1. The van der Waals surface area contributed by atoms with E-state index in [0.717, 1.165) is 23.4 Å². The van der Waals surface area contributed by atoms with Crippen LogP contribution in [0.15, 0.2) is 72.8 Å². The second kappa shape index (κ2) is 7.87. The molecule has 6 heteroatoms. The van der Waals surface area contributed by atoms with Gasteiger partial charge in [0.2, 0.25) is 0 Å². The number of para-hydroxylation sites is 1. The number of halogens is 2. The summed E-state index contributed by atoms with van der Waals surface area (Å²) in [7, 11) is 0. The number of carbonyl (C=O) groups is 1. The number of hydrogen-bond acceptors (Lipinski definition) is 3. The molecule has 4 nitrogen and oxygen atoms in total. The van der Waals surface area contributed by atoms with E-state index in [-0.39, 0.29) is 42.6 Å². The Hall–Kier alpha value is -3.09. The molecule has 0 aromatic heterocycles. The minimum Gasteiger partial charge on any atom is -0.395 e. The van der Waals surface area contributed by atoms with Crippen LogP contribution in [0.3, 0.4) is 0 Å². The van der Waals surface area contributed by atoms with E-state index in [4.69, 9.17) is 0 Å². The van der Waals surface area contributed by atoms with Gasteiger partial charge in [-0.3, -0.25) is 9.69 Å². The number of amides is 1. The van der Waals surface area contributed by atoms with Crippen molar-refractivity contribution in [3.8, 4) is 0 Å². The summed E-state index contributed by atoms with van der Waals surface area (Å²) in [5.74, 6) is -1.05. The quantitative estimate of drug-likeness (QED) is 0.695. The van der Waals surface area contributed by atoms with Crippen molar-refractivity contribution >= 4 is 11.6 Å². The van der Waals surface area contributed by atoms with Crippen molar-refractivity contribution < 1.29 is 18.7 Å². The second-order valence-electron chi connectivity index (χ2n) is 8.09. The molecule has 0 radical (unpaired) electrons. The average Bonchev–Trinajstić information content (AvgIpc) is 2.79. The van der Waals surface area contributed by atoms with Crippen LogP contribution in [-0.2, 0) is 6.54 Å². The predicted octanol–water partition coefficient (Wildman–Crippen LogP) is 3.95. The van der Waals surface area contributed by atoms with E-state index in [9.17, 15) is 18.7 Å². The molecule has 0 aliphatic carbocycles. The lowest BCUT2D eigenvalue weighted by atomic mass is 9.71. The zero-order valence-corrected chi connectivity index (χ0v) is 16.8. The summed E-state index contributed by atoms with van der Waals surface area (Å²) in [6.45, 7) is 0.493. The number of rotatable bonds is 4. The lowest BCUT2D eigenvalue weighted by Crippen LogP contribution is -2.68. The molecule has 31 heavy (non-hydrogen) atoms. The van der Waals surface area contributed by atoms with Crippen LogP contribution in [0.25, 0.3) is 0 Å². The van der Waals surface area contributed by atoms with Crippen LogP contribution >= 0.6 is 0 Å². The third-order valence-corrected chi connectivity index (χ3v) is 6.45. The number of aliphatic hydroxyl groups excluding tert-OH is 1. The summed E-state index contributed by atoms with van der Waals surface area (Å²) in [5, 5.41) is 10.1. The number of likely N-dealkylation sites (tertiary alicyclic amines) is 1. The molecule has 0 spiro atoms. The van der Waals surface area contributed by atoms with Crippen molar-refractivity contribution in [1.29, 1.82) is 0 Å². The molecule has 3 atom stereocenters. The van der Waals surface area contributed by atoms with Crippen molar-refractivity contribution in [2.24, 2.45) is 0 Å². The van der Waals surface area contributed by atoms with Crippen LogP contribution in [-0.4, -0.2) is 41.1 Å². The molecule has 158 valence electrons. The smallest absolute Gasteiger partial charge is 0.258 e. The third-order valence-electron chi connectivity index (χ3n) is 6.45. The van der Waals surface area contributed by atoms with Crippen molar-refractivity contribution in [3.05, 3.63) is 101 Å². The van der Waals surface area contributed by atoms with Crippen molar-refractivity contribution in [2.45, 2.75) is 24.5 Å². The van der Waals surface area contributed by atoms with E-state index in [2.05, 4.69) is 0 Å². The van der Waals surface area contributed by atoms with Gasteiger partial charge in [0.1, 0.15) is 11.6 Å². The molecule has 2 aliphatic heterocycles. The van der Waals surface area contributed by atoms with Gasteiger partial charge < -0.3 is 10.0 Å². The van der Waals surface area contributed by atoms with E-state index in [1.165, 1.54) is 6.07 Å². The number of fused-ring (bicyclic) bond motifs is 3. The molecule has 0 bridgehead atoms. The van der Waals surface area contributed by atoms with Gasteiger partial charge in [0.15, 0.2) is 0 Å². The molecule has 0 saturated carbocycles. The van der Waals surface area contributed by atoms with Crippen LogP contribution < -0.4 is 4.90 Å². The lowest BCUT2D eigenvalue weighted by molar-refractivity contribution is -0.0494. The maximum atomic E-state index is 14.3. The number of hydrogen-bond donors (Lipinski definition) is 1. The van der Waals surface area contributed by atoms with E-state index in [1.54, 1.807) is 17.0 Å². The zero-order chi connectivity index (χ0) is 21.5. The predicted molar refractivity (Wildman–Crippen MR) is 114 cm³/mol. The van der Waals surface area contributed by atoms with Crippen LogP contribution in [0.2, 0.25) is 0 Å². The minimum atomic E-state index is -0.496. The maximum absolute atomic E-state index is 14.3. The monoisotopic (exact) mass is 420 g/mol. The Morgan fingerprint density at radius 1 is 1.00 bits per heavy atom. The first-order valence-corrected chi connectivity index (χ1v) is 10.3. The van der Waals surface area contributed by atoms with Gasteiger partial charge in [0, 0.05) is 47.9 Å². The van der Waals surface area contributed by atoms with Gasteiger partial charge in [-0.15, -0.1) is 0 Å². The number of nitrogens with zero attached hydrogens (tertiary/aromatic N) is 2. The normalized spacial score (nSPS) is 22.4. The zero-order valence-electron chi connectivity index (χ0n) is 16.8. The van der Waals surface area contributed by atoms with E-state index in [1.807, 2.05) is 47.4 Å². The second-order valence-corrected chi connectivity index (χ2v) is 8.09. The molecule has 1 saturated heterocycles. The first-order chi connectivity index (χ1) is 15.1. The number of anilines is 1. The summed E-state index contributed by atoms with van der Waals surface area (Å²) in [4.78, 5) is 17.0. The molecular formula is C25H22F2N2O2. The molecule has 2 heterocycles. The molecular weight excluding hydrogens is 398 g/mol. The highest BCUT2D eigenvalue weighted by atomic mass is 19.1. The van der Waals surface area contributed by atoms with Crippen LogP contribution in [0.4, 0.5) is 14.5 Å². The van der Waals surface area contributed by atoms with Gasteiger partial charge in [-0.05, 0) is 42.0 Å². The Kier molecular flexibility index (Phi) is 5.04. The molecule has 1 fully saturated rings. The highest BCUT2D eigenvalue weighted by Gasteiger charge is 2.53. The number of carbonyl (C=O) groups excluding carboxylic acids is 1. The summed E-state index contributed by atoms with van der Waals surface area (Å²) in [6.07, 6.45) is 0. The highest BCUT2D eigenvalue weighted by molar-refractivity contribution is 6.07. The largest absolute Gasteiger partial charge is 0.395 e. The van der Waals surface area contributed by atoms with E-state index < -0.39 is 11.6 Å². The van der Waals surface area contributed by atoms with Crippen molar-refractivity contribution in [2.75, 3.05) is 18.1 Å². The SMILES string of the molecule is O=C(c1ccccc1)N1C[C@H]2[C@@H](c3ccccc31)[C@@H](CO)N2Cc1cc(F)ccc1F. The Morgan fingerprint density at radius 3 is 2.52 bits per heavy atom. The van der Waals surface area contributed by atoms with E-state index in [0.29, 0.717) is 12.1 Å². The third kappa shape index (κ3) is 3.32. The fraction of sp³-hybridized carbons (Fsp3) is 0.240. The van der Waals surface area contributed by atoms with Gasteiger partial charge in [-0.1, -0.05) is 36.4 Å². The maximum Gasteiger partial charge on any atom is 0.258 e. The summed E-state index contributed by atoms with van der Waals surface area (Å²) >= 11 is 0. The van der Waals surface area contributed by atoms with Gasteiger partial charge in [-0.2, -0.15) is 0 Å². The Morgan fingerprint density at radius 2 is 1.74 bits per heavy atom. The summed E-state index contributed by atoms with van der Waals surface area (Å²) in [5.41, 5.74) is 2.68. The molecule has 1 amide bonds. The fourth-order valence-corrected chi connectivity index (χ4v) is 4.99. The van der Waals surface area contributed by atoms with Crippen molar-refractivity contribution in [3.63, 3.8) is 0 Å². The molecule has 3 aromatic carbocycles. The standard InChI is InChI=1S/C25H22F2N2O2/c26-18-10-11-20(27)17(12-18)13-28-22-14-29(25(31)16-6-2-1-3-7-16)21-9-5-4-8-19(21)24(22)23(28)15-30/h1-12,22-24,30H,13-15H2/t22-,23+,24+/m0/s1. The van der Waals surface area contributed by atoms with Crippen LogP contribution in [0.5, 0.6) is 0 Å². The topological polar surface area (TPSA) is 43.8 Å². The highest BCUT2D eigenvalue weighted by Crippen LogP contribution is 2.49. The molecule has 5 rings (SSSR count). The van der Waals surface area contributed by atoms with Crippen molar-refractivity contribution in [1.82, 2.24) is 4.90 Å². The van der Waals surface area contributed by atoms with Gasteiger partial charge in [-0.25, -0.2) is 8.78 Å². The minimum absolute atomic E-state index is 0.0256. The first-order valence-electron chi connectivity index (χ1n) is 10.3. The molecule has 2 aliphatic rings. The Bertz CT molecular complexity index is 1120. The van der Waals surface area contributed by atoms with Crippen LogP contribution in [0, 0.1) is 11.6 Å².